The van der Waals surface area contributed by atoms with Gasteiger partial charge in [0.25, 0.3) is 0 Å². The standard InChI is InChI=1S/C19H23N5O3/c1-23(12-15-8-6-10-17(26-3)18(15)27-4)13-24-21-19(20-22-24)14-7-5-9-16(11-14)25-2/h5-11H,12-13H2,1-4H3. The van der Waals surface area contributed by atoms with Crippen molar-refractivity contribution in [1.29, 1.82) is 0 Å². The Labute approximate surface area is 158 Å². The third-order valence-electron chi connectivity index (χ3n) is 4.07. The van der Waals surface area contributed by atoms with Crippen molar-refractivity contribution < 1.29 is 14.2 Å². The highest BCUT2D eigenvalue weighted by atomic mass is 16.5. The van der Waals surface area contributed by atoms with Crippen LogP contribution in [0.5, 0.6) is 17.2 Å². The van der Waals surface area contributed by atoms with Crippen molar-refractivity contribution >= 4 is 0 Å². The summed E-state index contributed by atoms with van der Waals surface area (Å²) in [6, 6.07) is 13.4. The van der Waals surface area contributed by atoms with Crippen molar-refractivity contribution in [1.82, 2.24) is 25.1 Å². The van der Waals surface area contributed by atoms with Gasteiger partial charge >= 0.3 is 0 Å². The SMILES string of the molecule is COc1cccc(-c2nnn(CN(C)Cc3cccc(OC)c3OC)n2)c1. The summed E-state index contributed by atoms with van der Waals surface area (Å²) in [7, 11) is 6.88. The molecule has 3 aromatic rings. The van der Waals surface area contributed by atoms with E-state index in [1.807, 2.05) is 49.5 Å². The lowest BCUT2D eigenvalue weighted by atomic mass is 10.2. The van der Waals surface area contributed by atoms with Crippen LogP contribution in [0.4, 0.5) is 0 Å². The second kappa shape index (κ2) is 8.50. The molecule has 0 radical (unpaired) electrons. The quantitative estimate of drug-likeness (QED) is 0.604. The van der Waals surface area contributed by atoms with E-state index in [1.54, 1.807) is 26.1 Å². The first-order chi connectivity index (χ1) is 13.1. The number of rotatable bonds is 8. The number of aromatic nitrogens is 4. The number of tetrazole rings is 1. The molecule has 0 bridgehead atoms. The summed E-state index contributed by atoms with van der Waals surface area (Å²) in [5.74, 6) is 2.76. The average molecular weight is 369 g/mol. The first-order valence-corrected chi connectivity index (χ1v) is 8.45. The highest BCUT2D eigenvalue weighted by molar-refractivity contribution is 5.56. The van der Waals surface area contributed by atoms with E-state index >= 15 is 0 Å². The van der Waals surface area contributed by atoms with Crippen molar-refractivity contribution in [2.75, 3.05) is 28.4 Å². The summed E-state index contributed by atoms with van der Waals surface area (Å²) < 4.78 is 16.1. The molecule has 0 fully saturated rings. The molecule has 0 saturated heterocycles. The zero-order chi connectivity index (χ0) is 19.2. The molecule has 0 spiro atoms. The molecular weight excluding hydrogens is 346 g/mol. The highest BCUT2D eigenvalue weighted by Gasteiger charge is 2.13. The fourth-order valence-electron chi connectivity index (χ4n) is 2.82. The fraction of sp³-hybridized carbons (Fsp3) is 0.316. The Bertz CT molecular complexity index is 897. The number of ether oxygens (including phenoxy) is 3. The van der Waals surface area contributed by atoms with Crippen LogP contribution in [0.2, 0.25) is 0 Å². The summed E-state index contributed by atoms with van der Waals surface area (Å²) in [5, 5.41) is 12.7. The fourth-order valence-corrected chi connectivity index (χ4v) is 2.82. The molecular formula is C19H23N5O3. The second-order valence-electron chi connectivity index (χ2n) is 6.03. The van der Waals surface area contributed by atoms with Gasteiger partial charge in [0.15, 0.2) is 11.5 Å². The van der Waals surface area contributed by atoms with E-state index in [1.165, 1.54) is 0 Å². The first kappa shape index (κ1) is 18.7. The summed E-state index contributed by atoms with van der Waals surface area (Å²) in [5.41, 5.74) is 1.88. The number of methoxy groups -OCH3 is 3. The molecule has 0 aliphatic rings. The predicted octanol–water partition coefficient (Wildman–Crippen LogP) is 2.46. The van der Waals surface area contributed by atoms with Crippen LogP contribution in [0, 0.1) is 0 Å². The van der Waals surface area contributed by atoms with Gasteiger partial charge in [-0.3, -0.25) is 4.90 Å². The molecule has 0 saturated carbocycles. The van der Waals surface area contributed by atoms with Gasteiger partial charge in [0.1, 0.15) is 12.4 Å². The van der Waals surface area contributed by atoms with Crippen molar-refractivity contribution in [2.45, 2.75) is 13.2 Å². The minimum atomic E-state index is 0.483. The smallest absolute Gasteiger partial charge is 0.205 e. The minimum Gasteiger partial charge on any atom is -0.497 e. The largest absolute Gasteiger partial charge is 0.497 e. The Balaban J connectivity index is 1.70. The van der Waals surface area contributed by atoms with Gasteiger partial charge in [-0.15, -0.1) is 15.0 Å². The molecule has 0 aliphatic carbocycles. The van der Waals surface area contributed by atoms with E-state index in [-0.39, 0.29) is 0 Å². The van der Waals surface area contributed by atoms with Gasteiger partial charge < -0.3 is 14.2 Å². The third-order valence-corrected chi connectivity index (χ3v) is 4.07. The Morgan fingerprint density at radius 3 is 2.56 bits per heavy atom. The molecule has 2 aromatic carbocycles. The zero-order valence-corrected chi connectivity index (χ0v) is 15.9. The molecule has 8 heteroatoms. The van der Waals surface area contributed by atoms with Gasteiger partial charge in [0.05, 0.1) is 21.3 Å². The highest BCUT2D eigenvalue weighted by Crippen LogP contribution is 2.31. The predicted molar refractivity (Wildman–Crippen MR) is 101 cm³/mol. The van der Waals surface area contributed by atoms with Crippen LogP contribution in [0.1, 0.15) is 5.56 Å². The molecule has 8 nitrogen and oxygen atoms in total. The number of hydrogen-bond acceptors (Lipinski definition) is 7. The minimum absolute atomic E-state index is 0.483. The maximum Gasteiger partial charge on any atom is 0.205 e. The molecule has 0 atom stereocenters. The number of para-hydroxylation sites is 1. The van der Waals surface area contributed by atoms with Crippen LogP contribution in [0.15, 0.2) is 42.5 Å². The zero-order valence-electron chi connectivity index (χ0n) is 15.9. The lowest BCUT2D eigenvalue weighted by molar-refractivity contribution is 0.223. The summed E-state index contributed by atoms with van der Waals surface area (Å²) >= 11 is 0. The van der Waals surface area contributed by atoms with Crippen molar-refractivity contribution in [3.05, 3.63) is 48.0 Å². The molecule has 0 unspecified atom stereocenters. The van der Waals surface area contributed by atoms with Crippen LogP contribution < -0.4 is 14.2 Å². The molecule has 1 aromatic heterocycles. The molecule has 0 N–H and O–H groups in total. The van der Waals surface area contributed by atoms with Crippen LogP contribution >= 0.6 is 0 Å². The monoisotopic (exact) mass is 369 g/mol. The lowest BCUT2D eigenvalue weighted by Crippen LogP contribution is -2.23. The maximum absolute atomic E-state index is 5.49. The van der Waals surface area contributed by atoms with Crippen LogP contribution in [-0.2, 0) is 13.2 Å². The first-order valence-electron chi connectivity index (χ1n) is 8.45. The maximum atomic E-state index is 5.49. The number of nitrogens with zero attached hydrogens (tertiary/aromatic N) is 5. The van der Waals surface area contributed by atoms with Gasteiger partial charge in [-0.1, -0.05) is 24.3 Å². The van der Waals surface area contributed by atoms with Gasteiger partial charge in [-0.2, -0.15) is 0 Å². The Hall–Kier alpha value is -3.13. The molecule has 142 valence electrons. The number of benzene rings is 2. The Morgan fingerprint density at radius 1 is 1.00 bits per heavy atom. The average Bonchev–Trinajstić information content (AvgIpc) is 3.16. The topological polar surface area (TPSA) is 74.5 Å². The van der Waals surface area contributed by atoms with E-state index in [2.05, 4.69) is 20.3 Å². The third kappa shape index (κ3) is 4.35. The van der Waals surface area contributed by atoms with Gasteiger partial charge in [-0.05, 0) is 30.5 Å². The normalized spacial score (nSPS) is 10.9. The molecule has 0 amide bonds. The summed E-state index contributed by atoms with van der Waals surface area (Å²) in [4.78, 5) is 3.62. The Kier molecular flexibility index (Phi) is 5.87. The van der Waals surface area contributed by atoms with E-state index in [9.17, 15) is 0 Å². The molecule has 3 rings (SSSR count). The van der Waals surface area contributed by atoms with E-state index in [0.717, 1.165) is 22.6 Å². The van der Waals surface area contributed by atoms with Crippen LogP contribution in [0.3, 0.4) is 0 Å². The molecule has 1 heterocycles. The van der Waals surface area contributed by atoms with Crippen molar-refractivity contribution in [3.63, 3.8) is 0 Å². The Morgan fingerprint density at radius 2 is 1.81 bits per heavy atom. The van der Waals surface area contributed by atoms with Gasteiger partial charge in [-0.25, -0.2) is 0 Å². The van der Waals surface area contributed by atoms with E-state index < -0.39 is 0 Å². The van der Waals surface area contributed by atoms with Crippen LogP contribution in [0.25, 0.3) is 11.4 Å². The molecule has 27 heavy (non-hydrogen) atoms. The van der Waals surface area contributed by atoms with E-state index in [4.69, 9.17) is 14.2 Å². The summed E-state index contributed by atoms with van der Waals surface area (Å²) in [6.45, 7) is 1.13. The summed E-state index contributed by atoms with van der Waals surface area (Å²) in [6.07, 6.45) is 0. The van der Waals surface area contributed by atoms with Gasteiger partial charge in [0.2, 0.25) is 5.82 Å². The second-order valence-corrected chi connectivity index (χ2v) is 6.03. The van der Waals surface area contributed by atoms with Gasteiger partial charge in [0, 0.05) is 17.7 Å². The van der Waals surface area contributed by atoms with Crippen molar-refractivity contribution in [3.8, 4) is 28.6 Å². The lowest BCUT2D eigenvalue weighted by Gasteiger charge is -2.18. The number of hydrogen-bond donors (Lipinski definition) is 0. The van der Waals surface area contributed by atoms with Crippen LogP contribution in [-0.4, -0.2) is 53.5 Å². The van der Waals surface area contributed by atoms with E-state index in [0.29, 0.717) is 24.8 Å². The molecule has 0 aliphatic heterocycles. The van der Waals surface area contributed by atoms with Crippen molar-refractivity contribution in [2.24, 2.45) is 0 Å².